The summed E-state index contributed by atoms with van der Waals surface area (Å²) in [5, 5.41) is 2.88. The summed E-state index contributed by atoms with van der Waals surface area (Å²) in [5.74, 6) is 0.802. The topological polar surface area (TPSA) is 70.2 Å². The predicted octanol–water partition coefficient (Wildman–Crippen LogP) is 5.51. The number of aromatic nitrogens is 2. The van der Waals surface area contributed by atoms with Gasteiger partial charge in [0.15, 0.2) is 0 Å². The van der Waals surface area contributed by atoms with Gasteiger partial charge >= 0.3 is 6.09 Å². The lowest BCUT2D eigenvalue weighted by molar-refractivity contribution is 0.164. The number of rotatable bonds is 8. The number of imidazole rings is 1. The Labute approximate surface area is 171 Å². The fourth-order valence-electron chi connectivity index (χ4n) is 3.20. The Morgan fingerprint density at radius 3 is 2.62 bits per heavy atom. The van der Waals surface area contributed by atoms with Crippen LogP contribution in [0.5, 0.6) is 0 Å². The first-order valence-electron chi connectivity index (χ1n) is 9.96. The van der Waals surface area contributed by atoms with Gasteiger partial charge in [0.2, 0.25) is 0 Å². The molecular weight excluding hydrogens is 364 g/mol. The average molecular weight is 393 g/mol. The Bertz CT molecular complexity index is 988. The molecule has 29 heavy (non-hydrogen) atoms. The van der Waals surface area contributed by atoms with E-state index in [4.69, 9.17) is 9.72 Å². The molecule has 2 aromatic carbocycles. The van der Waals surface area contributed by atoms with Gasteiger partial charge in [-0.1, -0.05) is 35.9 Å². The molecule has 0 aliphatic heterocycles. The van der Waals surface area contributed by atoms with Gasteiger partial charge in [0.05, 0.1) is 29.0 Å². The van der Waals surface area contributed by atoms with Crippen molar-refractivity contribution in [1.29, 1.82) is 0 Å². The molecule has 6 heteroatoms. The molecule has 3 rings (SSSR count). The second-order valence-corrected chi connectivity index (χ2v) is 6.85. The monoisotopic (exact) mass is 392 g/mol. The van der Waals surface area contributed by atoms with Crippen LogP contribution in [-0.4, -0.2) is 35.8 Å². The van der Waals surface area contributed by atoms with Crippen molar-refractivity contribution in [2.24, 2.45) is 0 Å². The predicted molar refractivity (Wildman–Crippen MR) is 120 cm³/mol. The van der Waals surface area contributed by atoms with E-state index in [-0.39, 0.29) is 0 Å². The lowest BCUT2D eigenvalue weighted by atomic mass is 10.1. The van der Waals surface area contributed by atoms with Gasteiger partial charge in [0, 0.05) is 18.7 Å². The molecule has 0 unspecified atom stereocenters. The first kappa shape index (κ1) is 20.5. The van der Waals surface area contributed by atoms with Crippen molar-refractivity contribution in [1.82, 2.24) is 9.97 Å². The number of hydrogen-bond acceptors (Lipinski definition) is 4. The fourth-order valence-corrected chi connectivity index (χ4v) is 3.20. The lowest BCUT2D eigenvalue weighted by Gasteiger charge is -2.24. The number of ether oxygens (including phenoxy) is 1. The maximum absolute atomic E-state index is 12.2. The van der Waals surface area contributed by atoms with Crippen LogP contribution in [0.4, 0.5) is 16.2 Å². The van der Waals surface area contributed by atoms with E-state index in [2.05, 4.69) is 66.8 Å². The van der Waals surface area contributed by atoms with Gasteiger partial charge in [0.25, 0.3) is 0 Å². The molecule has 0 atom stereocenters. The minimum atomic E-state index is -0.478. The van der Waals surface area contributed by atoms with Crippen LogP contribution in [0.25, 0.3) is 22.4 Å². The number of nitrogens with zero attached hydrogens (tertiary/aromatic N) is 2. The van der Waals surface area contributed by atoms with Gasteiger partial charge in [-0.2, -0.15) is 0 Å². The number of aryl methyl sites for hydroxylation is 1. The number of aromatic amines is 1. The molecule has 0 aliphatic rings. The second kappa shape index (κ2) is 9.28. The number of fused-ring (bicyclic) bond motifs is 1. The van der Waals surface area contributed by atoms with E-state index in [1.807, 2.05) is 12.1 Å². The summed E-state index contributed by atoms with van der Waals surface area (Å²) in [7, 11) is 0. The van der Waals surface area contributed by atoms with Crippen LogP contribution in [0.15, 0.2) is 49.1 Å². The van der Waals surface area contributed by atoms with Crippen molar-refractivity contribution in [3.05, 3.63) is 54.6 Å². The van der Waals surface area contributed by atoms with E-state index >= 15 is 0 Å². The summed E-state index contributed by atoms with van der Waals surface area (Å²) in [5.41, 5.74) is 5.56. The van der Waals surface area contributed by atoms with Gasteiger partial charge in [-0.3, -0.25) is 5.32 Å². The van der Waals surface area contributed by atoms with Gasteiger partial charge in [-0.05, 0) is 39.3 Å². The SMILES string of the molecule is C=CCCOC(=O)Nc1cc2nc(-c3ccc(C)cc3)[nH]c2cc1N(CC)CC. The fraction of sp³-hybridized carbons (Fsp3) is 0.304. The molecule has 152 valence electrons. The average Bonchev–Trinajstić information content (AvgIpc) is 3.12. The second-order valence-electron chi connectivity index (χ2n) is 6.85. The molecule has 0 aliphatic carbocycles. The molecule has 0 radical (unpaired) electrons. The number of anilines is 2. The van der Waals surface area contributed by atoms with E-state index in [1.165, 1.54) is 5.56 Å². The van der Waals surface area contributed by atoms with Crippen molar-refractivity contribution in [2.45, 2.75) is 27.2 Å². The van der Waals surface area contributed by atoms with Crippen molar-refractivity contribution < 1.29 is 9.53 Å². The summed E-state index contributed by atoms with van der Waals surface area (Å²) >= 11 is 0. The summed E-state index contributed by atoms with van der Waals surface area (Å²) < 4.78 is 5.22. The standard InChI is InChI=1S/C23H28N4O2/c1-5-8-13-29-23(28)26-20-14-18-19(15-21(20)27(6-2)7-3)25-22(24-18)17-11-9-16(4)10-12-17/h5,9-12,14-15H,1,6-8,13H2,2-4H3,(H,24,25)(H,26,28). The van der Waals surface area contributed by atoms with Crippen LogP contribution in [0.1, 0.15) is 25.8 Å². The minimum absolute atomic E-state index is 0.304. The van der Waals surface area contributed by atoms with E-state index in [0.29, 0.717) is 18.7 Å². The van der Waals surface area contributed by atoms with Crippen LogP contribution >= 0.6 is 0 Å². The quantitative estimate of drug-likeness (QED) is 0.392. The molecule has 1 heterocycles. The third-order valence-electron chi connectivity index (χ3n) is 4.82. The normalized spacial score (nSPS) is 10.7. The Morgan fingerprint density at radius 1 is 1.24 bits per heavy atom. The molecule has 0 saturated heterocycles. The summed E-state index contributed by atoms with van der Waals surface area (Å²) in [6.45, 7) is 11.8. The van der Waals surface area contributed by atoms with Crippen LogP contribution in [-0.2, 0) is 4.74 Å². The Hall–Kier alpha value is -3.28. The van der Waals surface area contributed by atoms with Gasteiger partial charge in [-0.25, -0.2) is 9.78 Å². The zero-order chi connectivity index (χ0) is 20.8. The van der Waals surface area contributed by atoms with Crippen LogP contribution in [0, 0.1) is 6.92 Å². The molecular formula is C23H28N4O2. The Morgan fingerprint density at radius 2 is 1.97 bits per heavy atom. The number of H-pyrrole nitrogens is 1. The number of benzene rings is 2. The largest absolute Gasteiger partial charge is 0.449 e. The first-order valence-corrected chi connectivity index (χ1v) is 9.96. The maximum Gasteiger partial charge on any atom is 0.411 e. The van der Waals surface area contributed by atoms with Gasteiger partial charge in [0.1, 0.15) is 5.82 Å². The van der Waals surface area contributed by atoms with Crippen molar-refractivity contribution in [3.8, 4) is 11.4 Å². The smallest absolute Gasteiger partial charge is 0.411 e. The molecule has 2 N–H and O–H groups in total. The molecule has 1 amide bonds. The summed E-state index contributed by atoms with van der Waals surface area (Å²) in [6, 6.07) is 12.2. The highest BCUT2D eigenvalue weighted by Crippen LogP contribution is 2.32. The Kier molecular flexibility index (Phi) is 6.54. The number of hydrogen-bond donors (Lipinski definition) is 2. The lowest BCUT2D eigenvalue weighted by Crippen LogP contribution is -2.24. The number of amides is 1. The van der Waals surface area contributed by atoms with E-state index in [9.17, 15) is 4.79 Å². The zero-order valence-corrected chi connectivity index (χ0v) is 17.3. The third kappa shape index (κ3) is 4.77. The van der Waals surface area contributed by atoms with Crippen molar-refractivity contribution in [3.63, 3.8) is 0 Å². The molecule has 0 fully saturated rings. The van der Waals surface area contributed by atoms with E-state index in [0.717, 1.165) is 41.2 Å². The molecule has 3 aromatic rings. The summed E-state index contributed by atoms with van der Waals surface area (Å²) in [6.07, 6.45) is 1.86. The molecule has 1 aromatic heterocycles. The number of carbonyl (C=O) groups excluding carboxylic acids is 1. The van der Waals surface area contributed by atoms with E-state index < -0.39 is 6.09 Å². The number of nitrogens with one attached hydrogen (secondary N) is 2. The highest BCUT2D eigenvalue weighted by atomic mass is 16.5. The van der Waals surface area contributed by atoms with Crippen LogP contribution in [0.2, 0.25) is 0 Å². The first-order chi connectivity index (χ1) is 14.0. The maximum atomic E-state index is 12.2. The molecule has 6 nitrogen and oxygen atoms in total. The molecule has 0 spiro atoms. The van der Waals surface area contributed by atoms with Crippen LogP contribution in [0.3, 0.4) is 0 Å². The van der Waals surface area contributed by atoms with Crippen molar-refractivity contribution >= 4 is 28.5 Å². The highest BCUT2D eigenvalue weighted by molar-refractivity contribution is 5.96. The van der Waals surface area contributed by atoms with Gasteiger partial charge in [-0.15, -0.1) is 6.58 Å². The Balaban J connectivity index is 1.98. The molecule has 0 bridgehead atoms. The zero-order valence-electron chi connectivity index (χ0n) is 17.3. The minimum Gasteiger partial charge on any atom is -0.449 e. The van der Waals surface area contributed by atoms with Gasteiger partial charge < -0.3 is 14.6 Å². The van der Waals surface area contributed by atoms with Crippen molar-refractivity contribution in [2.75, 3.05) is 29.9 Å². The van der Waals surface area contributed by atoms with Crippen LogP contribution < -0.4 is 10.2 Å². The van der Waals surface area contributed by atoms with E-state index in [1.54, 1.807) is 6.08 Å². The summed E-state index contributed by atoms with van der Waals surface area (Å²) in [4.78, 5) is 22.5. The number of carbonyl (C=O) groups is 1. The molecule has 0 saturated carbocycles. The highest BCUT2D eigenvalue weighted by Gasteiger charge is 2.16. The third-order valence-corrected chi connectivity index (χ3v) is 4.82.